The topological polar surface area (TPSA) is 207 Å². The van der Waals surface area contributed by atoms with E-state index < -0.39 is 96.3 Å². The molecule has 0 aromatic heterocycles. The summed E-state index contributed by atoms with van der Waals surface area (Å²) in [6.07, 6.45) is 0.907. The van der Waals surface area contributed by atoms with Crippen LogP contribution in [-0.4, -0.2) is 130 Å². The van der Waals surface area contributed by atoms with Gasteiger partial charge in [-0.05, 0) is 69.7 Å². The highest BCUT2D eigenvalue weighted by Gasteiger charge is 2.47. The second-order valence-corrected chi connectivity index (χ2v) is 15.5. The number of cyclic esters (lactones) is 1. The summed E-state index contributed by atoms with van der Waals surface area (Å²) in [7, 11) is 0. The van der Waals surface area contributed by atoms with E-state index >= 15 is 0 Å². The molecular formula is C39H47ClFN7O9. The maximum atomic E-state index is 14.6. The number of aliphatic hydroxyl groups excluding tert-OH is 1. The van der Waals surface area contributed by atoms with Crippen molar-refractivity contribution in [3.05, 3.63) is 64.4 Å². The predicted octanol–water partition coefficient (Wildman–Crippen LogP) is 1.40. The number of amides is 7. The van der Waals surface area contributed by atoms with E-state index in [1.807, 2.05) is 13.0 Å². The van der Waals surface area contributed by atoms with Crippen LogP contribution in [0.15, 0.2) is 42.5 Å². The number of ether oxygens (including phenoxy) is 1. The van der Waals surface area contributed by atoms with Crippen molar-refractivity contribution in [1.29, 1.82) is 0 Å². The van der Waals surface area contributed by atoms with Crippen molar-refractivity contribution >= 4 is 58.8 Å². The van der Waals surface area contributed by atoms with Crippen LogP contribution in [0.25, 0.3) is 0 Å². The van der Waals surface area contributed by atoms with Gasteiger partial charge in [0.05, 0.1) is 11.8 Å². The monoisotopic (exact) mass is 811 g/mol. The van der Waals surface area contributed by atoms with Crippen LogP contribution in [0.4, 0.5) is 14.9 Å². The van der Waals surface area contributed by atoms with E-state index in [1.54, 1.807) is 18.2 Å². The number of carbonyl (C=O) groups is 7. The van der Waals surface area contributed by atoms with Gasteiger partial charge in [-0.3, -0.25) is 24.0 Å². The fourth-order valence-electron chi connectivity index (χ4n) is 7.95. The fourth-order valence-corrected chi connectivity index (χ4v) is 8.11. The van der Waals surface area contributed by atoms with Gasteiger partial charge in [0.15, 0.2) is 0 Å². The summed E-state index contributed by atoms with van der Waals surface area (Å²) in [5.41, 5.74) is 1.29. The molecule has 4 saturated heterocycles. The van der Waals surface area contributed by atoms with Gasteiger partial charge < -0.3 is 45.8 Å². The van der Waals surface area contributed by atoms with Crippen LogP contribution >= 0.6 is 11.6 Å². The highest BCUT2D eigenvalue weighted by Crippen LogP contribution is 2.27. The Hall–Kier alpha value is -5.29. The molecule has 4 aliphatic heterocycles. The van der Waals surface area contributed by atoms with Crippen LogP contribution in [0.3, 0.4) is 0 Å². The van der Waals surface area contributed by atoms with Crippen molar-refractivity contribution in [1.82, 2.24) is 30.7 Å². The number of nitrogens with zero attached hydrogens (tertiary/aromatic N) is 3. The van der Waals surface area contributed by atoms with Crippen LogP contribution in [0.5, 0.6) is 0 Å². The molecule has 2 aromatic rings. The lowest BCUT2D eigenvalue weighted by atomic mass is 9.99. The normalized spacial score (nSPS) is 26.5. The second-order valence-electron chi connectivity index (χ2n) is 15.0. The molecule has 5 N–H and O–H groups in total. The molecule has 0 radical (unpaired) electrons. The van der Waals surface area contributed by atoms with Gasteiger partial charge >= 0.3 is 12.0 Å². The Labute approximate surface area is 333 Å². The highest BCUT2D eigenvalue weighted by atomic mass is 35.5. The number of hydrogen-bond acceptors (Lipinski definition) is 9. The molecule has 16 nitrogen and oxygen atoms in total. The standard InChI is InChI=1S/C39H47ClFN7O9/c1-21-7-5-8-23(15-21)16-28(45-39(56)44-27-12-11-24(40)17-26(27)41)33(50)43-29-20-57-38(55)31-10-6-14-47(31)35(52)22(2)42-34(51)30-9-3-4-13-46(30)37(54)32-18-25(49)19-48(32)36(29)53/h5,7-8,11-12,15,17,22,25,28-32,49H,3-4,6,9-10,13-14,16,18-20H2,1-2H3,(H,42,51)(H,43,50)(H2,44,45,56)/t22-,25+,28-,29-,30-,31-,32-/m0/s1. The maximum Gasteiger partial charge on any atom is 0.328 e. The molecular weight excluding hydrogens is 765 g/mol. The summed E-state index contributed by atoms with van der Waals surface area (Å²) in [5.74, 6) is -5.05. The summed E-state index contributed by atoms with van der Waals surface area (Å²) in [6.45, 7) is 2.76. The Morgan fingerprint density at radius 3 is 2.44 bits per heavy atom. The number of benzene rings is 2. The van der Waals surface area contributed by atoms with E-state index in [-0.39, 0.29) is 49.6 Å². The largest absolute Gasteiger partial charge is 0.461 e. The molecule has 7 amide bonds. The van der Waals surface area contributed by atoms with Crippen LogP contribution in [0, 0.1) is 12.7 Å². The molecule has 4 aliphatic rings. The Kier molecular flexibility index (Phi) is 13.0. The molecule has 4 fully saturated rings. The lowest BCUT2D eigenvalue weighted by Crippen LogP contribution is -2.62. The maximum absolute atomic E-state index is 14.6. The molecule has 0 unspecified atom stereocenters. The van der Waals surface area contributed by atoms with Crippen LogP contribution < -0.4 is 21.3 Å². The van der Waals surface area contributed by atoms with E-state index in [1.165, 1.54) is 28.9 Å². The first-order valence-corrected chi connectivity index (χ1v) is 19.5. The molecule has 4 heterocycles. The Morgan fingerprint density at radius 2 is 1.68 bits per heavy atom. The molecule has 6 rings (SSSR count). The number of fused-ring (bicyclic) bond motifs is 3. The minimum Gasteiger partial charge on any atom is -0.461 e. The summed E-state index contributed by atoms with van der Waals surface area (Å²) in [5, 5.41) is 21.1. The zero-order valence-corrected chi connectivity index (χ0v) is 32.4. The third-order valence-corrected chi connectivity index (χ3v) is 11.0. The van der Waals surface area contributed by atoms with Crippen LogP contribution in [0.2, 0.25) is 5.02 Å². The first-order valence-electron chi connectivity index (χ1n) is 19.1. The summed E-state index contributed by atoms with van der Waals surface area (Å²) < 4.78 is 20.2. The van der Waals surface area contributed by atoms with Crippen molar-refractivity contribution in [2.24, 2.45) is 0 Å². The molecule has 57 heavy (non-hydrogen) atoms. The molecule has 0 bridgehead atoms. The minimum atomic E-state index is -1.63. The molecule has 18 heteroatoms. The lowest BCUT2D eigenvalue weighted by molar-refractivity contribution is -0.158. The Bertz CT molecular complexity index is 1920. The Morgan fingerprint density at radius 1 is 0.947 bits per heavy atom. The molecule has 7 atom stereocenters. The first-order chi connectivity index (χ1) is 27.2. The predicted molar refractivity (Wildman–Crippen MR) is 203 cm³/mol. The summed E-state index contributed by atoms with van der Waals surface area (Å²) in [4.78, 5) is 101. The third kappa shape index (κ3) is 9.64. The number of hydrogen-bond donors (Lipinski definition) is 5. The average Bonchev–Trinajstić information content (AvgIpc) is 3.83. The highest BCUT2D eigenvalue weighted by molar-refractivity contribution is 6.30. The quantitative estimate of drug-likeness (QED) is 0.267. The molecule has 2 aromatic carbocycles. The number of aryl methyl sites for hydroxylation is 1. The van der Waals surface area contributed by atoms with E-state index in [2.05, 4.69) is 21.3 Å². The van der Waals surface area contributed by atoms with Crippen molar-refractivity contribution in [3.8, 4) is 0 Å². The third-order valence-electron chi connectivity index (χ3n) is 10.8. The number of esters is 1. The van der Waals surface area contributed by atoms with Gasteiger partial charge in [0, 0.05) is 37.5 Å². The molecule has 306 valence electrons. The zero-order chi connectivity index (χ0) is 41.0. The number of nitrogens with one attached hydrogen (secondary N) is 4. The SMILES string of the molecule is Cc1cccc(C[C@H](NC(=O)Nc2ccc(Cl)cc2F)C(=O)N[C@H]2COC(=O)[C@@H]3CCCN3C(=O)[C@H](C)NC(=O)[C@@H]3CCCCN3C(=O)[C@@H]3C[C@@H](O)CN3C2=O)c1. The van der Waals surface area contributed by atoms with E-state index in [9.17, 15) is 43.1 Å². The first kappa shape index (κ1) is 41.3. The molecule has 0 aliphatic carbocycles. The Balaban J connectivity index is 1.31. The van der Waals surface area contributed by atoms with Gasteiger partial charge in [0.25, 0.3) is 0 Å². The van der Waals surface area contributed by atoms with E-state index in [0.717, 1.165) is 16.5 Å². The fraction of sp³-hybridized carbons (Fsp3) is 0.513. The number of piperidine rings is 1. The number of anilines is 1. The van der Waals surface area contributed by atoms with Gasteiger partial charge in [0.1, 0.15) is 48.7 Å². The van der Waals surface area contributed by atoms with E-state index in [4.69, 9.17) is 16.3 Å². The number of urea groups is 1. The van der Waals surface area contributed by atoms with Crippen LogP contribution in [-0.2, 0) is 39.9 Å². The van der Waals surface area contributed by atoms with E-state index in [0.29, 0.717) is 31.2 Å². The van der Waals surface area contributed by atoms with Gasteiger partial charge in [-0.15, -0.1) is 0 Å². The molecule has 0 spiro atoms. The van der Waals surface area contributed by atoms with Crippen LogP contribution in [0.1, 0.15) is 56.6 Å². The van der Waals surface area contributed by atoms with Crippen molar-refractivity contribution in [2.45, 2.75) is 101 Å². The molecule has 0 saturated carbocycles. The minimum absolute atomic E-state index is 0.0794. The van der Waals surface area contributed by atoms with Crippen molar-refractivity contribution in [3.63, 3.8) is 0 Å². The van der Waals surface area contributed by atoms with Gasteiger partial charge in [-0.1, -0.05) is 41.4 Å². The lowest BCUT2D eigenvalue weighted by Gasteiger charge is -2.39. The number of rotatable bonds is 6. The zero-order valence-electron chi connectivity index (χ0n) is 31.7. The van der Waals surface area contributed by atoms with Gasteiger partial charge in [-0.2, -0.15) is 0 Å². The van der Waals surface area contributed by atoms with Crippen molar-refractivity contribution < 1.29 is 47.8 Å². The summed E-state index contributed by atoms with van der Waals surface area (Å²) >= 11 is 5.86. The number of aliphatic hydroxyl groups is 1. The number of carbonyl (C=O) groups excluding carboxylic acids is 7. The summed E-state index contributed by atoms with van der Waals surface area (Å²) in [6, 6.07) is 2.58. The second kappa shape index (κ2) is 17.9. The van der Waals surface area contributed by atoms with Gasteiger partial charge in [0.2, 0.25) is 29.5 Å². The average molecular weight is 812 g/mol. The van der Waals surface area contributed by atoms with Crippen molar-refractivity contribution in [2.75, 3.05) is 31.6 Å². The number of halogens is 2. The van der Waals surface area contributed by atoms with Gasteiger partial charge in [-0.25, -0.2) is 14.0 Å². The smallest absolute Gasteiger partial charge is 0.328 e.